The first kappa shape index (κ1) is 25.8. The quantitative estimate of drug-likeness (QED) is 0.254. The molecular weight excluding hydrogens is 461 g/mol. The van der Waals surface area contributed by atoms with Crippen LogP contribution in [0.4, 0.5) is 13.2 Å². The Labute approximate surface area is 210 Å². The van der Waals surface area contributed by atoms with E-state index in [1.54, 1.807) is 49.4 Å². The van der Waals surface area contributed by atoms with Gasteiger partial charge in [-0.05, 0) is 78.8 Å². The molecular formula is C31H31F3O2. The summed E-state index contributed by atoms with van der Waals surface area (Å²) in [6.45, 7) is 5.57. The number of aliphatic hydroxyl groups is 1. The number of rotatable bonds is 8. The van der Waals surface area contributed by atoms with Crippen molar-refractivity contribution in [2.75, 3.05) is 6.61 Å². The fourth-order valence-corrected chi connectivity index (χ4v) is 4.85. The lowest BCUT2D eigenvalue weighted by molar-refractivity contribution is 0.0963. The molecule has 0 aliphatic heterocycles. The van der Waals surface area contributed by atoms with Crippen LogP contribution in [0.5, 0.6) is 5.75 Å². The van der Waals surface area contributed by atoms with E-state index in [9.17, 15) is 18.3 Å². The predicted octanol–water partition coefficient (Wildman–Crippen LogP) is 8.16. The molecule has 2 nitrogen and oxygen atoms in total. The van der Waals surface area contributed by atoms with E-state index in [1.807, 2.05) is 24.3 Å². The molecule has 1 N–H and O–H groups in total. The summed E-state index contributed by atoms with van der Waals surface area (Å²) in [5, 5.41) is 9.78. The van der Waals surface area contributed by atoms with Crippen LogP contribution in [-0.2, 0) is 0 Å². The van der Waals surface area contributed by atoms with Crippen LogP contribution in [0.25, 0.3) is 23.3 Å². The van der Waals surface area contributed by atoms with E-state index >= 15 is 0 Å². The van der Waals surface area contributed by atoms with Gasteiger partial charge >= 0.3 is 0 Å². The largest absolute Gasteiger partial charge is 0.486 e. The zero-order valence-electron chi connectivity index (χ0n) is 20.4. The van der Waals surface area contributed by atoms with Gasteiger partial charge in [0.25, 0.3) is 0 Å². The Morgan fingerprint density at radius 1 is 0.917 bits per heavy atom. The molecule has 36 heavy (non-hydrogen) atoms. The van der Waals surface area contributed by atoms with E-state index in [2.05, 4.69) is 6.58 Å². The molecule has 0 heterocycles. The van der Waals surface area contributed by atoms with Gasteiger partial charge in [-0.2, -0.15) is 0 Å². The fourth-order valence-electron chi connectivity index (χ4n) is 4.85. The van der Waals surface area contributed by atoms with Crippen LogP contribution in [0.15, 0.2) is 67.3 Å². The van der Waals surface area contributed by atoms with Crippen molar-refractivity contribution >= 4 is 12.2 Å². The normalized spacial score (nSPS) is 18.8. The fraction of sp³-hybridized carbons (Fsp3) is 0.290. The van der Waals surface area contributed by atoms with E-state index in [1.165, 1.54) is 6.07 Å². The highest BCUT2D eigenvalue weighted by atomic mass is 19.2. The van der Waals surface area contributed by atoms with Gasteiger partial charge in [-0.15, -0.1) is 0 Å². The van der Waals surface area contributed by atoms with Crippen molar-refractivity contribution in [1.29, 1.82) is 0 Å². The van der Waals surface area contributed by atoms with Gasteiger partial charge in [0.2, 0.25) is 0 Å². The van der Waals surface area contributed by atoms with Crippen molar-refractivity contribution < 1.29 is 23.0 Å². The zero-order chi connectivity index (χ0) is 25.7. The van der Waals surface area contributed by atoms with Crippen molar-refractivity contribution in [1.82, 2.24) is 0 Å². The highest BCUT2D eigenvalue weighted by Gasteiger charge is 2.28. The summed E-state index contributed by atoms with van der Waals surface area (Å²) < 4.78 is 49.3. The maximum atomic E-state index is 14.9. The molecule has 0 bridgehead atoms. The molecule has 188 valence electrons. The van der Waals surface area contributed by atoms with Gasteiger partial charge in [0.15, 0.2) is 23.2 Å². The third-order valence-electron chi connectivity index (χ3n) is 7.02. The lowest BCUT2D eigenvalue weighted by Crippen LogP contribution is -2.23. The predicted molar refractivity (Wildman–Crippen MR) is 139 cm³/mol. The number of hydrogen-bond acceptors (Lipinski definition) is 2. The number of hydrogen-bond donors (Lipinski definition) is 1. The Balaban J connectivity index is 1.44. The summed E-state index contributed by atoms with van der Waals surface area (Å²) in [5.74, 6) is -1.69. The number of benzene rings is 3. The lowest BCUT2D eigenvalue weighted by atomic mass is 9.76. The average molecular weight is 493 g/mol. The minimum Gasteiger partial charge on any atom is -0.486 e. The number of aliphatic hydroxyl groups excluding tert-OH is 1. The minimum absolute atomic E-state index is 0.0208. The highest BCUT2D eigenvalue weighted by Crippen LogP contribution is 2.39. The van der Waals surface area contributed by atoms with Crippen LogP contribution in [0, 0.1) is 23.4 Å². The Morgan fingerprint density at radius 3 is 2.25 bits per heavy atom. The van der Waals surface area contributed by atoms with Crippen molar-refractivity contribution in [2.45, 2.75) is 44.6 Å². The Bertz CT molecular complexity index is 1220. The molecule has 0 aromatic heterocycles. The third kappa shape index (κ3) is 5.90. The van der Waals surface area contributed by atoms with Crippen LogP contribution in [-0.4, -0.2) is 17.8 Å². The van der Waals surface area contributed by atoms with Gasteiger partial charge in [0.1, 0.15) is 6.61 Å². The third-order valence-corrected chi connectivity index (χ3v) is 7.02. The van der Waals surface area contributed by atoms with Gasteiger partial charge in [0.05, 0.1) is 6.10 Å². The van der Waals surface area contributed by atoms with Gasteiger partial charge in [-0.25, -0.2) is 13.2 Å². The van der Waals surface area contributed by atoms with Crippen LogP contribution in [0.3, 0.4) is 0 Å². The smallest absolute Gasteiger partial charge is 0.166 e. The SMILES string of the molecule is C=CCOc1ccc(-c2ccc(/C=C/c3ccc(C4CCC(C(C)O)CC4)c(F)c3F)cc2)cc1F. The molecule has 3 aromatic rings. The summed E-state index contributed by atoms with van der Waals surface area (Å²) in [7, 11) is 0. The monoisotopic (exact) mass is 492 g/mol. The van der Waals surface area contributed by atoms with E-state index < -0.39 is 17.5 Å². The van der Waals surface area contributed by atoms with Gasteiger partial charge in [-0.3, -0.25) is 0 Å². The molecule has 0 radical (unpaired) electrons. The summed E-state index contributed by atoms with van der Waals surface area (Å²) >= 11 is 0. The second kappa shape index (κ2) is 11.6. The standard InChI is InChI=1S/C31H31F3O2/c1-3-18-36-29-17-15-26(19-28(29)32)23-7-4-21(5-8-23)6-9-25-14-16-27(31(34)30(25)33)24-12-10-22(11-13-24)20(2)35/h3-9,14-17,19-20,22,24,35H,1,10-13,18H2,2H3/b9-6+. The van der Waals surface area contributed by atoms with Crippen LogP contribution >= 0.6 is 0 Å². The van der Waals surface area contributed by atoms with Crippen molar-refractivity contribution in [3.8, 4) is 16.9 Å². The zero-order valence-corrected chi connectivity index (χ0v) is 20.4. The minimum atomic E-state index is -0.841. The molecule has 0 spiro atoms. The molecule has 1 aliphatic carbocycles. The molecule has 5 heteroatoms. The molecule has 1 fully saturated rings. The second-order valence-electron chi connectivity index (χ2n) is 9.42. The molecule has 4 rings (SSSR count). The maximum Gasteiger partial charge on any atom is 0.166 e. The summed E-state index contributed by atoms with van der Waals surface area (Å²) in [5.41, 5.74) is 2.96. The average Bonchev–Trinajstić information content (AvgIpc) is 2.89. The second-order valence-corrected chi connectivity index (χ2v) is 9.42. The van der Waals surface area contributed by atoms with E-state index in [0.717, 1.165) is 36.8 Å². The summed E-state index contributed by atoms with van der Waals surface area (Å²) in [6.07, 6.45) is 7.62. The Kier molecular flexibility index (Phi) is 8.32. The molecule has 1 atom stereocenters. The van der Waals surface area contributed by atoms with Crippen LogP contribution in [0.2, 0.25) is 0 Å². The van der Waals surface area contributed by atoms with Crippen molar-refractivity contribution in [2.24, 2.45) is 5.92 Å². The number of ether oxygens (including phenoxy) is 1. The lowest BCUT2D eigenvalue weighted by Gasteiger charge is -2.30. The Hall–Kier alpha value is -3.31. The topological polar surface area (TPSA) is 29.5 Å². The van der Waals surface area contributed by atoms with Crippen LogP contribution in [0.1, 0.15) is 55.2 Å². The highest BCUT2D eigenvalue weighted by molar-refractivity contribution is 5.72. The van der Waals surface area contributed by atoms with Gasteiger partial charge < -0.3 is 9.84 Å². The molecule has 1 saturated carbocycles. The van der Waals surface area contributed by atoms with Gasteiger partial charge in [0, 0.05) is 5.56 Å². The first-order valence-electron chi connectivity index (χ1n) is 12.3. The van der Waals surface area contributed by atoms with E-state index in [4.69, 9.17) is 4.74 Å². The van der Waals surface area contributed by atoms with Crippen LogP contribution < -0.4 is 4.74 Å². The summed E-state index contributed by atoms with van der Waals surface area (Å²) in [4.78, 5) is 0. The van der Waals surface area contributed by atoms with Crippen molar-refractivity contribution in [3.05, 3.63) is 101 Å². The Morgan fingerprint density at radius 2 is 1.61 bits per heavy atom. The number of halogens is 3. The molecule has 0 saturated heterocycles. The molecule has 0 amide bonds. The molecule has 1 aliphatic rings. The van der Waals surface area contributed by atoms with Gasteiger partial charge in [-0.1, -0.05) is 67.3 Å². The van der Waals surface area contributed by atoms with Crippen molar-refractivity contribution in [3.63, 3.8) is 0 Å². The molecule has 3 aromatic carbocycles. The van der Waals surface area contributed by atoms with E-state index in [0.29, 0.717) is 11.1 Å². The van der Waals surface area contributed by atoms with E-state index in [-0.39, 0.29) is 35.9 Å². The maximum absolute atomic E-state index is 14.9. The molecule has 1 unspecified atom stereocenters. The first-order valence-corrected chi connectivity index (χ1v) is 12.3. The summed E-state index contributed by atoms with van der Waals surface area (Å²) in [6, 6.07) is 15.5. The first-order chi connectivity index (χ1) is 17.4.